The van der Waals surface area contributed by atoms with E-state index in [1.807, 2.05) is 54.3 Å². The molecule has 7 rings (SSSR count). The number of nitrogens with one attached hydrogen (secondary N) is 2. The number of aromatic amines is 2. The van der Waals surface area contributed by atoms with Crippen LogP contribution in [0.5, 0.6) is 0 Å². The summed E-state index contributed by atoms with van der Waals surface area (Å²) in [5, 5.41) is 9.18. The molecule has 0 spiro atoms. The van der Waals surface area contributed by atoms with Gasteiger partial charge in [0, 0.05) is 68.2 Å². The molecule has 46 heavy (non-hydrogen) atoms. The van der Waals surface area contributed by atoms with E-state index in [0.29, 0.717) is 51.5 Å². The summed E-state index contributed by atoms with van der Waals surface area (Å²) in [6.45, 7) is 5.97. The Hall–Kier alpha value is -4.18. The van der Waals surface area contributed by atoms with Crippen LogP contribution in [0.25, 0.3) is 21.8 Å². The van der Waals surface area contributed by atoms with Crippen LogP contribution in [0, 0.1) is 6.92 Å². The first kappa shape index (κ1) is 30.5. The average Bonchev–Trinajstić information content (AvgIpc) is 3.57. The highest BCUT2D eigenvalue weighted by molar-refractivity contribution is 5.85. The number of carbonyl (C=O) groups excluding carboxylic acids is 2. The summed E-state index contributed by atoms with van der Waals surface area (Å²) in [7, 11) is 0. The average molecular weight is 625 g/mol. The number of piperazine rings is 1. The van der Waals surface area contributed by atoms with Crippen LogP contribution < -0.4 is 5.56 Å². The Morgan fingerprint density at radius 1 is 0.913 bits per heavy atom. The molecule has 0 bridgehead atoms. The fourth-order valence-electron chi connectivity index (χ4n) is 7.82. The van der Waals surface area contributed by atoms with Crippen molar-refractivity contribution < 1.29 is 14.3 Å². The van der Waals surface area contributed by atoms with Gasteiger partial charge in [0.25, 0.3) is 11.5 Å². The molecule has 0 radical (unpaired) electrons. The number of para-hydroxylation sites is 1. The molecule has 242 valence electrons. The van der Waals surface area contributed by atoms with Crippen molar-refractivity contribution in [1.29, 1.82) is 0 Å². The highest BCUT2D eigenvalue weighted by Gasteiger charge is 2.35. The molecule has 1 aliphatic carbocycles. The maximum absolute atomic E-state index is 14.0. The number of carbonyl (C=O) groups is 2. The third-order valence-electron chi connectivity index (χ3n) is 10.4. The summed E-state index contributed by atoms with van der Waals surface area (Å²) >= 11 is 0. The second-order valence-corrected chi connectivity index (χ2v) is 13.4. The minimum Gasteiger partial charge on any atom is -0.436 e. The van der Waals surface area contributed by atoms with Crippen LogP contribution in [-0.2, 0) is 16.0 Å². The number of nitrogens with zero attached hydrogens (tertiary/aromatic N) is 4. The number of amides is 2. The summed E-state index contributed by atoms with van der Waals surface area (Å²) in [4.78, 5) is 49.7. The second kappa shape index (κ2) is 13.3. The monoisotopic (exact) mass is 624 g/mol. The Labute approximate surface area is 269 Å². The van der Waals surface area contributed by atoms with Gasteiger partial charge in [-0.1, -0.05) is 43.5 Å². The minimum absolute atomic E-state index is 0.0555. The van der Waals surface area contributed by atoms with Crippen LogP contribution in [0.4, 0.5) is 4.79 Å². The van der Waals surface area contributed by atoms with E-state index in [-0.39, 0.29) is 17.4 Å². The normalized spacial score (nSPS) is 19.5. The number of fused-ring (bicyclic) bond motifs is 2. The lowest BCUT2D eigenvalue weighted by Crippen LogP contribution is -2.55. The molecule has 2 aromatic carbocycles. The van der Waals surface area contributed by atoms with Crippen LogP contribution >= 0.6 is 0 Å². The Kier molecular flexibility index (Phi) is 8.80. The van der Waals surface area contributed by atoms with Gasteiger partial charge in [-0.15, -0.1) is 0 Å². The first-order chi connectivity index (χ1) is 22.4. The standard InChI is InChI=1S/C36H44N6O4/c1-24-19-25(20-28-23-37-39-33(24)28)21-32(35(44)41-17-15-40(16-18-41)29-8-3-2-4-9-29)46-36(45)42-13-11-26(12-14-42)30-22-27-7-5-6-10-31(27)38-34(30)43/h5-7,10,19-20,22-23,26,29,32H,2-4,8-9,11-18,21H2,1H3,(H,37,39)(H,38,43)/t32-/m1/s1. The van der Waals surface area contributed by atoms with Crippen LogP contribution in [0.2, 0.25) is 0 Å². The molecule has 4 heterocycles. The fourth-order valence-corrected chi connectivity index (χ4v) is 7.82. The molecule has 3 fully saturated rings. The molecule has 1 saturated carbocycles. The molecule has 2 aromatic heterocycles. The van der Waals surface area contributed by atoms with E-state index >= 15 is 0 Å². The highest BCUT2D eigenvalue weighted by atomic mass is 16.6. The first-order valence-electron chi connectivity index (χ1n) is 17.0. The number of H-pyrrole nitrogens is 2. The first-order valence-corrected chi connectivity index (χ1v) is 17.0. The molecule has 10 heteroatoms. The molecule has 3 aliphatic rings. The molecule has 10 nitrogen and oxygen atoms in total. The van der Waals surface area contributed by atoms with Gasteiger partial charge in [0.05, 0.1) is 11.7 Å². The molecule has 0 unspecified atom stereocenters. The van der Waals surface area contributed by atoms with Crippen molar-refractivity contribution in [3.63, 3.8) is 0 Å². The van der Waals surface area contributed by atoms with Crippen molar-refractivity contribution in [3.05, 3.63) is 75.7 Å². The number of likely N-dealkylation sites (tertiary alicyclic amines) is 1. The van der Waals surface area contributed by atoms with E-state index in [1.54, 1.807) is 11.1 Å². The Bertz CT molecular complexity index is 1760. The zero-order chi connectivity index (χ0) is 31.6. The Morgan fingerprint density at radius 3 is 2.46 bits per heavy atom. The molecule has 2 N–H and O–H groups in total. The predicted octanol–water partition coefficient (Wildman–Crippen LogP) is 5.12. The summed E-state index contributed by atoms with van der Waals surface area (Å²) in [5.41, 5.74) is 4.46. The van der Waals surface area contributed by atoms with Crippen molar-refractivity contribution in [2.75, 3.05) is 39.3 Å². The summed E-state index contributed by atoms with van der Waals surface area (Å²) in [6.07, 6.45) is 8.42. The van der Waals surface area contributed by atoms with E-state index in [2.05, 4.69) is 20.1 Å². The number of benzene rings is 2. The number of hydrogen-bond donors (Lipinski definition) is 2. The molecule has 2 amide bonds. The number of pyridine rings is 1. The van der Waals surface area contributed by atoms with Crippen LogP contribution in [-0.4, -0.2) is 93.3 Å². The van der Waals surface area contributed by atoms with Crippen LogP contribution in [0.15, 0.2) is 53.5 Å². The lowest BCUT2D eigenvalue weighted by Gasteiger charge is -2.41. The molecule has 1 atom stereocenters. The molecule has 2 aliphatic heterocycles. The quantitative estimate of drug-likeness (QED) is 0.308. The Morgan fingerprint density at radius 2 is 1.67 bits per heavy atom. The van der Waals surface area contributed by atoms with Crippen molar-refractivity contribution >= 4 is 33.8 Å². The van der Waals surface area contributed by atoms with E-state index < -0.39 is 12.2 Å². The Balaban J connectivity index is 1.03. The van der Waals surface area contributed by atoms with E-state index in [4.69, 9.17) is 4.74 Å². The number of ether oxygens (including phenoxy) is 1. The number of hydrogen-bond acceptors (Lipinski definition) is 6. The third kappa shape index (κ3) is 6.40. The summed E-state index contributed by atoms with van der Waals surface area (Å²) in [5.74, 6) is -0.0703. The van der Waals surface area contributed by atoms with Crippen LogP contribution in [0.3, 0.4) is 0 Å². The maximum atomic E-state index is 14.0. The van der Waals surface area contributed by atoms with Gasteiger partial charge in [-0.3, -0.25) is 19.6 Å². The van der Waals surface area contributed by atoms with Gasteiger partial charge in [0.1, 0.15) is 0 Å². The van der Waals surface area contributed by atoms with Gasteiger partial charge in [-0.25, -0.2) is 4.79 Å². The van der Waals surface area contributed by atoms with E-state index in [0.717, 1.165) is 51.6 Å². The summed E-state index contributed by atoms with van der Waals surface area (Å²) < 4.78 is 6.10. The topological polar surface area (TPSA) is 115 Å². The van der Waals surface area contributed by atoms with Gasteiger partial charge in [0.2, 0.25) is 0 Å². The molecular formula is C36H44N6O4. The van der Waals surface area contributed by atoms with Gasteiger partial charge < -0.3 is 19.5 Å². The van der Waals surface area contributed by atoms with E-state index in [1.165, 1.54) is 32.1 Å². The largest absolute Gasteiger partial charge is 0.436 e. The number of rotatable bonds is 6. The van der Waals surface area contributed by atoms with Crippen molar-refractivity contribution in [1.82, 2.24) is 29.9 Å². The van der Waals surface area contributed by atoms with Gasteiger partial charge in [0.15, 0.2) is 6.10 Å². The van der Waals surface area contributed by atoms with Gasteiger partial charge in [-0.2, -0.15) is 5.10 Å². The SMILES string of the molecule is Cc1cc(C[C@@H](OC(=O)N2CCC(c3cc4ccccc4[nH]c3=O)CC2)C(=O)N2CCN(C3CCCCC3)CC2)cc2cn[nH]c12. The third-order valence-corrected chi connectivity index (χ3v) is 10.4. The number of aromatic nitrogens is 3. The van der Waals surface area contributed by atoms with Gasteiger partial charge >= 0.3 is 6.09 Å². The fraction of sp³-hybridized carbons (Fsp3) is 0.500. The highest BCUT2D eigenvalue weighted by Crippen LogP contribution is 2.29. The zero-order valence-corrected chi connectivity index (χ0v) is 26.7. The molecule has 2 saturated heterocycles. The van der Waals surface area contributed by atoms with E-state index in [9.17, 15) is 14.4 Å². The zero-order valence-electron chi connectivity index (χ0n) is 26.7. The van der Waals surface area contributed by atoms with Crippen LogP contribution in [0.1, 0.15) is 67.6 Å². The smallest absolute Gasteiger partial charge is 0.410 e. The van der Waals surface area contributed by atoms with Crippen molar-refractivity contribution in [3.8, 4) is 0 Å². The minimum atomic E-state index is -0.918. The lowest BCUT2D eigenvalue weighted by molar-refractivity contribution is -0.143. The number of aryl methyl sites for hydroxylation is 1. The van der Waals surface area contributed by atoms with Crippen molar-refractivity contribution in [2.24, 2.45) is 0 Å². The summed E-state index contributed by atoms with van der Waals surface area (Å²) in [6, 6.07) is 14.4. The van der Waals surface area contributed by atoms with Gasteiger partial charge in [-0.05, 0) is 73.2 Å². The predicted molar refractivity (Wildman–Crippen MR) is 178 cm³/mol. The second-order valence-electron chi connectivity index (χ2n) is 13.4. The molecule has 4 aromatic rings. The lowest BCUT2D eigenvalue weighted by atomic mass is 9.89. The molecular weight excluding hydrogens is 580 g/mol. The number of piperidine rings is 1. The van der Waals surface area contributed by atoms with Crippen molar-refractivity contribution in [2.45, 2.75) is 76.4 Å². The maximum Gasteiger partial charge on any atom is 0.410 e.